The molecule has 1 fully saturated rings. The third kappa shape index (κ3) is 3.54. The van der Waals surface area contributed by atoms with Gasteiger partial charge < -0.3 is 19.7 Å². The Balaban J connectivity index is 2.03. The van der Waals surface area contributed by atoms with Crippen LogP contribution >= 0.6 is 0 Å². The van der Waals surface area contributed by atoms with E-state index in [1.165, 1.54) is 0 Å². The van der Waals surface area contributed by atoms with Gasteiger partial charge in [-0.1, -0.05) is 12.1 Å². The van der Waals surface area contributed by atoms with Crippen LogP contribution in [0.25, 0.3) is 0 Å². The Hall–Kier alpha value is -1.59. The van der Waals surface area contributed by atoms with Crippen LogP contribution in [-0.4, -0.2) is 51.8 Å². The Morgan fingerprint density at radius 3 is 2.57 bits per heavy atom. The summed E-state index contributed by atoms with van der Waals surface area (Å²) in [5, 5.41) is 3.27. The first-order valence-electron chi connectivity index (χ1n) is 7.19. The first kappa shape index (κ1) is 15.8. The average molecular weight is 292 g/mol. The van der Waals surface area contributed by atoms with Crippen LogP contribution in [0.15, 0.2) is 24.3 Å². The highest BCUT2D eigenvalue weighted by atomic mass is 16.5. The maximum atomic E-state index is 12.8. The Morgan fingerprint density at radius 1 is 1.33 bits per heavy atom. The summed E-state index contributed by atoms with van der Waals surface area (Å²) >= 11 is 0. The zero-order chi connectivity index (χ0) is 15.3. The van der Waals surface area contributed by atoms with E-state index in [1.807, 2.05) is 31.3 Å². The molecule has 0 aliphatic carbocycles. The summed E-state index contributed by atoms with van der Waals surface area (Å²) in [6.45, 7) is 2.61. The zero-order valence-corrected chi connectivity index (χ0v) is 13.0. The molecule has 0 saturated carbocycles. The minimum Gasteiger partial charge on any atom is -0.497 e. The predicted octanol–water partition coefficient (Wildman–Crippen LogP) is 1.28. The SMILES string of the molecule is COCC1(C(=O)N(C)Cc2ccc(OC)cc2)CCNC1. The molecular weight excluding hydrogens is 268 g/mol. The highest BCUT2D eigenvalue weighted by molar-refractivity contribution is 5.83. The molecule has 1 aromatic rings. The van der Waals surface area contributed by atoms with Gasteiger partial charge in [0.2, 0.25) is 5.91 Å². The van der Waals surface area contributed by atoms with E-state index in [9.17, 15) is 4.79 Å². The van der Waals surface area contributed by atoms with Crippen molar-refractivity contribution in [2.75, 3.05) is 41.0 Å². The summed E-state index contributed by atoms with van der Waals surface area (Å²) in [6.07, 6.45) is 0.826. The largest absolute Gasteiger partial charge is 0.497 e. The lowest BCUT2D eigenvalue weighted by Gasteiger charge is -2.31. The standard InChI is InChI=1S/C16H24N2O3/c1-18(10-13-4-6-14(21-3)7-5-13)15(19)16(12-20-2)8-9-17-11-16/h4-7,17H,8-12H2,1-3H3. The summed E-state index contributed by atoms with van der Waals surface area (Å²) in [5.74, 6) is 0.966. The predicted molar refractivity (Wildman–Crippen MR) is 81.3 cm³/mol. The minimum absolute atomic E-state index is 0.144. The van der Waals surface area contributed by atoms with Crippen molar-refractivity contribution in [2.24, 2.45) is 5.41 Å². The molecule has 1 aromatic carbocycles. The van der Waals surface area contributed by atoms with E-state index in [4.69, 9.17) is 9.47 Å². The molecule has 5 heteroatoms. The molecule has 1 aliphatic heterocycles. The molecule has 1 saturated heterocycles. The van der Waals surface area contributed by atoms with Gasteiger partial charge in [0.15, 0.2) is 0 Å². The molecule has 5 nitrogen and oxygen atoms in total. The van der Waals surface area contributed by atoms with E-state index in [2.05, 4.69) is 5.32 Å². The van der Waals surface area contributed by atoms with Crippen molar-refractivity contribution in [2.45, 2.75) is 13.0 Å². The van der Waals surface area contributed by atoms with Crippen molar-refractivity contribution >= 4 is 5.91 Å². The fourth-order valence-electron chi connectivity index (χ4n) is 2.87. The monoisotopic (exact) mass is 292 g/mol. The van der Waals surface area contributed by atoms with Gasteiger partial charge in [-0.05, 0) is 30.7 Å². The average Bonchev–Trinajstić information content (AvgIpc) is 2.97. The molecule has 1 unspecified atom stereocenters. The van der Waals surface area contributed by atoms with Crippen LogP contribution in [0.4, 0.5) is 0 Å². The van der Waals surface area contributed by atoms with Gasteiger partial charge in [-0.3, -0.25) is 4.79 Å². The summed E-state index contributed by atoms with van der Waals surface area (Å²) in [7, 11) is 5.14. The number of amides is 1. The van der Waals surface area contributed by atoms with Crippen LogP contribution in [0.5, 0.6) is 5.75 Å². The number of methoxy groups -OCH3 is 2. The van der Waals surface area contributed by atoms with E-state index in [0.717, 1.165) is 24.3 Å². The van der Waals surface area contributed by atoms with Crippen LogP contribution < -0.4 is 10.1 Å². The van der Waals surface area contributed by atoms with E-state index >= 15 is 0 Å². The summed E-state index contributed by atoms with van der Waals surface area (Å²) in [4.78, 5) is 14.6. The minimum atomic E-state index is -0.421. The van der Waals surface area contributed by atoms with Gasteiger partial charge in [0, 0.05) is 27.2 Å². The molecular formula is C16H24N2O3. The molecule has 1 aliphatic rings. The lowest BCUT2D eigenvalue weighted by molar-refractivity contribution is -0.143. The smallest absolute Gasteiger partial charge is 0.232 e. The number of ether oxygens (including phenoxy) is 2. The quantitative estimate of drug-likeness (QED) is 0.858. The fourth-order valence-corrected chi connectivity index (χ4v) is 2.87. The zero-order valence-electron chi connectivity index (χ0n) is 13.0. The number of hydrogen-bond donors (Lipinski definition) is 1. The Morgan fingerprint density at radius 2 is 2.05 bits per heavy atom. The van der Waals surface area contributed by atoms with Crippen LogP contribution in [0.1, 0.15) is 12.0 Å². The van der Waals surface area contributed by atoms with Gasteiger partial charge in [-0.2, -0.15) is 0 Å². The van der Waals surface area contributed by atoms with Crippen molar-refractivity contribution in [3.8, 4) is 5.75 Å². The second-order valence-electron chi connectivity index (χ2n) is 5.65. The molecule has 0 radical (unpaired) electrons. The maximum absolute atomic E-state index is 12.8. The van der Waals surface area contributed by atoms with Crippen molar-refractivity contribution in [3.05, 3.63) is 29.8 Å². The Kier molecular flexibility index (Phi) is 5.20. The van der Waals surface area contributed by atoms with Gasteiger partial charge in [0.1, 0.15) is 5.75 Å². The van der Waals surface area contributed by atoms with Crippen LogP contribution in [0.3, 0.4) is 0 Å². The third-order valence-electron chi connectivity index (χ3n) is 4.04. The first-order valence-corrected chi connectivity index (χ1v) is 7.19. The topological polar surface area (TPSA) is 50.8 Å². The highest BCUT2D eigenvalue weighted by Crippen LogP contribution is 2.28. The van der Waals surface area contributed by atoms with Crippen LogP contribution in [0.2, 0.25) is 0 Å². The van der Waals surface area contributed by atoms with Crippen LogP contribution in [-0.2, 0) is 16.1 Å². The lowest BCUT2D eigenvalue weighted by atomic mass is 9.86. The molecule has 1 N–H and O–H groups in total. The molecule has 1 heterocycles. The lowest BCUT2D eigenvalue weighted by Crippen LogP contribution is -2.46. The number of carbonyl (C=O) groups is 1. The maximum Gasteiger partial charge on any atom is 0.232 e. The fraction of sp³-hybridized carbons (Fsp3) is 0.562. The Bertz CT molecular complexity index is 467. The second kappa shape index (κ2) is 6.91. The number of rotatable bonds is 6. The van der Waals surface area contributed by atoms with Gasteiger partial charge in [0.25, 0.3) is 0 Å². The van der Waals surface area contributed by atoms with Crippen LogP contribution in [0, 0.1) is 5.41 Å². The third-order valence-corrected chi connectivity index (χ3v) is 4.04. The summed E-state index contributed by atoms with van der Waals surface area (Å²) in [6, 6.07) is 7.79. The molecule has 1 amide bonds. The number of nitrogens with zero attached hydrogens (tertiary/aromatic N) is 1. The number of benzene rings is 1. The Labute approximate surface area is 126 Å². The molecule has 0 bridgehead atoms. The normalized spacial score (nSPS) is 21.3. The summed E-state index contributed by atoms with van der Waals surface area (Å²) in [5.41, 5.74) is 0.667. The van der Waals surface area contributed by atoms with Crippen molar-refractivity contribution in [3.63, 3.8) is 0 Å². The number of nitrogens with one attached hydrogen (secondary N) is 1. The van der Waals surface area contributed by atoms with Gasteiger partial charge in [-0.15, -0.1) is 0 Å². The van der Waals surface area contributed by atoms with E-state index in [0.29, 0.717) is 19.7 Å². The van der Waals surface area contributed by atoms with Crippen molar-refractivity contribution in [1.29, 1.82) is 0 Å². The molecule has 1 atom stereocenters. The van der Waals surface area contributed by atoms with Gasteiger partial charge in [-0.25, -0.2) is 0 Å². The molecule has 0 aromatic heterocycles. The first-order chi connectivity index (χ1) is 10.1. The summed E-state index contributed by atoms with van der Waals surface area (Å²) < 4.78 is 10.4. The molecule has 0 spiro atoms. The molecule has 21 heavy (non-hydrogen) atoms. The second-order valence-corrected chi connectivity index (χ2v) is 5.65. The van der Waals surface area contributed by atoms with Crippen molar-refractivity contribution in [1.82, 2.24) is 10.2 Å². The van der Waals surface area contributed by atoms with E-state index < -0.39 is 5.41 Å². The molecule has 116 valence electrons. The van der Waals surface area contributed by atoms with Crippen molar-refractivity contribution < 1.29 is 14.3 Å². The highest BCUT2D eigenvalue weighted by Gasteiger charge is 2.42. The van der Waals surface area contributed by atoms with E-state index in [-0.39, 0.29) is 5.91 Å². The number of carbonyl (C=O) groups excluding carboxylic acids is 1. The van der Waals surface area contributed by atoms with Gasteiger partial charge >= 0.3 is 0 Å². The van der Waals surface area contributed by atoms with E-state index in [1.54, 1.807) is 19.1 Å². The molecule has 2 rings (SSSR count). The van der Waals surface area contributed by atoms with Gasteiger partial charge in [0.05, 0.1) is 19.1 Å². The number of hydrogen-bond acceptors (Lipinski definition) is 4.